The smallest absolute Gasteiger partial charge is 0.275 e. The minimum Gasteiger partial charge on any atom is -0.497 e. The molecule has 0 saturated heterocycles. The fourth-order valence-corrected chi connectivity index (χ4v) is 3.24. The third-order valence-electron chi connectivity index (χ3n) is 4.48. The van der Waals surface area contributed by atoms with Crippen molar-refractivity contribution in [2.24, 2.45) is 0 Å². The van der Waals surface area contributed by atoms with E-state index in [-0.39, 0.29) is 5.56 Å². The average molecular weight is 349 g/mol. The second-order valence-electron chi connectivity index (χ2n) is 6.29. The molecule has 7 heteroatoms. The van der Waals surface area contributed by atoms with Crippen LogP contribution in [0.15, 0.2) is 47.7 Å². The molecule has 3 heterocycles. The van der Waals surface area contributed by atoms with Gasteiger partial charge in [0.25, 0.3) is 5.56 Å². The summed E-state index contributed by atoms with van der Waals surface area (Å²) in [5.41, 5.74) is 3.78. The molecule has 0 amide bonds. The molecule has 0 saturated carbocycles. The minimum absolute atomic E-state index is 0.175. The van der Waals surface area contributed by atoms with Gasteiger partial charge in [0.05, 0.1) is 24.5 Å². The van der Waals surface area contributed by atoms with Gasteiger partial charge in [0.2, 0.25) is 0 Å². The SMILES string of the molecule is COc1ccc(Cn2c3nccc(N(C)C)c3c3nc[nH]c(=O)c32)cc1. The number of anilines is 1. The molecule has 4 rings (SSSR count). The number of nitrogens with zero attached hydrogens (tertiary/aromatic N) is 4. The Balaban J connectivity index is 2.00. The summed E-state index contributed by atoms with van der Waals surface area (Å²) in [6, 6.07) is 9.71. The molecular formula is C19H19N5O2. The molecule has 0 fully saturated rings. The number of hydrogen-bond acceptors (Lipinski definition) is 5. The number of pyridine rings is 1. The zero-order valence-electron chi connectivity index (χ0n) is 14.9. The Morgan fingerprint density at radius 2 is 1.92 bits per heavy atom. The standard InChI is InChI=1S/C19H19N5O2/c1-23(2)14-8-9-20-18-15(14)16-17(19(25)22-11-21-16)24(18)10-12-4-6-13(26-3)7-5-12/h4-9,11H,10H2,1-3H3,(H,21,22,25). The Hall–Kier alpha value is -3.35. The molecule has 0 aliphatic carbocycles. The number of methoxy groups -OCH3 is 1. The molecular weight excluding hydrogens is 330 g/mol. The Morgan fingerprint density at radius 1 is 1.15 bits per heavy atom. The van der Waals surface area contributed by atoms with Crippen LogP contribution in [0.5, 0.6) is 5.75 Å². The van der Waals surface area contributed by atoms with Crippen molar-refractivity contribution >= 4 is 27.8 Å². The summed E-state index contributed by atoms with van der Waals surface area (Å²) in [4.78, 5) is 26.2. The van der Waals surface area contributed by atoms with Gasteiger partial charge in [-0.05, 0) is 23.8 Å². The Labute approximate surface area is 149 Å². The monoisotopic (exact) mass is 349 g/mol. The van der Waals surface area contributed by atoms with Gasteiger partial charge in [-0.15, -0.1) is 0 Å². The molecule has 3 aromatic heterocycles. The lowest BCUT2D eigenvalue weighted by Gasteiger charge is -2.13. The van der Waals surface area contributed by atoms with Crippen LogP contribution in [-0.4, -0.2) is 40.7 Å². The van der Waals surface area contributed by atoms with Crippen molar-refractivity contribution < 1.29 is 4.74 Å². The van der Waals surface area contributed by atoms with Crippen LogP contribution in [0, 0.1) is 0 Å². The Morgan fingerprint density at radius 3 is 2.62 bits per heavy atom. The molecule has 0 radical (unpaired) electrons. The first-order valence-corrected chi connectivity index (χ1v) is 8.25. The number of H-pyrrole nitrogens is 1. The van der Waals surface area contributed by atoms with E-state index in [2.05, 4.69) is 15.0 Å². The summed E-state index contributed by atoms with van der Waals surface area (Å²) < 4.78 is 7.14. The summed E-state index contributed by atoms with van der Waals surface area (Å²) in [7, 11) is 5.57. The van der Waals surface area contributed by atoms with E-state index < -0.39 is 0 Å². The van der Waals surface area contributed by atoms with Gasteiger partial charge in [0.1, 0.15) is 22.4 Å². The number of nitrogens with one attached hydrogen (secondary N) is 1. The van der Waals surface area contributed by atoms with Crippen LogP contribution >= 0.6 is 0 Å². The predicted octanol–water partition coefficient (Wildman–Crippen LogP) is 2.40. The van der Waals surface area contributed by atoms with E-state index >= 15 is 0 Å². The first-order chi connectivity index (χ1) is 12.6. The molecule has 26 heavy (non-hydrogen) atoms. The average Bonchev–Trinajstić information content (AvgIpc) is 2.97. The zero-order valence-corrected chi connectivity index (χ0v) is 14.9. The normalized spacial score (nSPS) is 11.2. The van der Waals surface area contributed by atoms with Crippen molar-refractivity contribution in [2.45, 2.75) is 6.54 Å². The van der Waals surface area contributed by atoms with Gasteiger partial charge in [-0.25, -0.2) is 9.97 Å². The Bertz CT molecular complexity index is 1140. The minimum atomic E-state index is -0.175. The summed E-state index contributed by atoms with van der Waals surface area (Å²) in [5.74, 6) is 0.795. The highest BCUT2D eigenvalue weighted by molar-refractivity contribution is 6.10. The third-order valence-corrected chi connectivity index (χ3v) is 4.48. The van der Waals surface area contributed by atoms with Gasteiger partial charge < -0.3 is 19.2 Å². The van der Waals surface area contributed by atoms with Crippen LogP contribution in [0.4, 0.5) is 5.69 Å². The van der Waals surface area contributed by atoms with Gasteiger partial charge in [-0.3, -0.25) is 4.79 Å². The molecule has 1 aromatic carbocycles. The van der Waals surface area contributed by atoms with Crippen molar-refractivity contribution in [3.05, 3.63) is 58.8 Å². The van der Waals surface area contributed by atoms with E-state index in [1.54, 1.807) is 13.3 Å². The number of ether oxygens (including phenoxy) is 1. The van der Waals surface area contributed by atoms with Crippen LogP contribution in [0.1, 0.15) is 5.56 Å². The van der Waals surface area contributed by atoms with E-state index in [1.165, 1.54) is 6.33 Å². The molecule has 4 aromatic rings. The molecule has 0 bridgehead atoms. The quantitative estimate of drug-likeness (QED) is 0.612. The fourth-order valence-electron chi connectivity index (χ4n) is 3.24. The molecule has 0 atom stereocenters. The lowest BCUT2D eigenvalue weighted by atomic mass is 10.2. The number of benzene rings is 1. The number of rotatable bonds is 4. The molecule has 0 spiro atoms. The lowest BCUT2D eigenvalue weighted by Crippen LogP contribution is -2.12. The highest BCUT2D eigenvalue weighted by Crippen LogP contribution is 2.32. The second kappa shape index (κ2) is 6.18. The second-order valence-corrected chi connectivity index (χ2v) is 6.29. The molecule has 7 nitrogen and oxygen atoms in total. The predicted molar refractivity (Wildman–Crippen MR) is 102 cm³/mol. The third kappa shape index (κ3) is 2.48. The molecule has 0 unspecified atom stereocenters. The van der Waals surface area contributed by atoms with Crippen LogP contribution in [0.25, 0.3) is 22.1 Å². The maximum absolute atomic E-state index is 12.6. The number of hydrogen-bond donors (Lipinski definition) is 1. The topological polar surface area (TPSA) is 76.0 Å². The lowest BCUT2D eigenvalue weighted by molar-refractivity contribution is 0.414. The van der Waals surface area contributed by atoms with Crippen LogP contribution in [0.2, 0.25) is 0 Å². The highest BCUT2D eigenvalue weighted by atomic mass is 16.5. The summed E-state index contributed by atoms with van der Waals surface area (Å²) in [5, 5.41) is 0.882. The number of aromatic amines is 1. The van der Waals surface area contributed by atoms with Crippen molar-refractivity contribution in [1.29, 1.82) is 0 Å². The van der Waals surface area contributed by atoms with Crippen LogP contribution in [0.3, 0.4) is 0 Å². The van der Waals surface area contributed by atoms with E-state index in [1.807, 2.05) is 53.9 Å². The first-order valence-electron chi connectivity index (χ1n) is 8.25. The van der Waals surface area contributed by atoms with Gasteiger partial charge in [0.15, 0.2) is 0 Å². The largest absolute Gasteiger partial charge is 0.497 e. The Kier molecular flexibility index (Phi) is 3.84. The van der Waals surface area contributed by atoms with Crippen molar-refractivity contribution in [3.63, 3.8) is 0 Å². The summed E-state index contributed by atoms with van der Waals surface area (Å²) in [6.07, 6.45) is 3.20. The maximum Gasteiger partial charge on any atom is 0.275 e. The van der Waals surface area contributed by atoms with Crippen molar-refractivity contribution in [1.82, 2.24) is 19.5 Å². The molecule has 0 aliphatic heterocycles. The summed E-state index contributed by atoms with van der Waals surface area (Å²) >= 11 is 0. The first kappa shape index (κ1) is 16.1. The van der Waals surface area contributed by atoms with Crippen LogP contribution in [-0.2, 0) is 6.54 Å². The molecule has 1 N–H and O–H groups in total. The van der Waals surface area contributed by atoms with E-state index in [0.717, 1.165) is 28.0 Å². The van der Waals surface area contributed by atoms with E-state index in [0.29, 0.717) is 17.6 Å². The zero-order chi connectivity index (χ0) is 18.3. The van der Waals surface area contributed by atoms with Gasteiger partial charge in [0, 0.05) is 26.8 Å². The highest BCUT2D eigenvalue weighted by Gasteiger charge is 2.19. The number of fused-ring (bicyclic) bond motifs is 3. The van der Waals surface area contributed by atoms with E-state index in [4.69, 9.17) is 4.74 Å². The van der Waals surface area contributed by atoms with Crippen molar-refractivity contribution in [2.75, 3.05) is 26.1 Å². The fraction of sp³-hybridized carbons (Fsp3) is 0.211. The van der Waals surface area contributed by atoms with Crippen LogP contribution < -0.4 is 15.2 Å². The van der Waals surface area contributed by atoms with Gasteiger partial charge >= 0.3 is 0 Å². The molecule has 0 aliphatic rings. The van der Waals surface area contributed by atoms with Gasteiger partial charge in [-0.2, -0.15) is 0 Å². The van der Waals surface area contributed by atoms with Crippen molar-refractivity contribution in [3.8, 4) is 5.75 Å². The molecule has 132 valence electrons. The maximum atomic E-state index is 12.6. The summed E-state index contributed by atoms with van der Waals surface area (Å²) in [6.45, 7) is 0.517. The van der Waals surface area contributed by atoms with E-state index in [9.17, 15) is 4.79 Å². The number of aromatic nitrogens is 4. The van der Waals surface area contributed by atoms with Gasteiger partial charge in [-0.1, -0.05) is 12.1 Å².